The summed E-state index contributed by atoms with van der Waals surface area (Å²) in [7, 11) is 2.79. The van der Waals surface area contributed by atoms with Gasteiger partial charge in [0.25, 0.3) is 17.6 Å². The second-order valence-electron chi connectivity index (χ2n) is 4.01. The van der Waals surface area contributed by atoms with Crippen LogP contribution >= 0.6 is 11.5 Å². The lowest BCUT2D eigenvalue weighted by Crippen LogP contribution is -2.28. The van der Waals surface area contributed by atoms with Crippen LogP contribution in [0.4, 0.5) is 5.69 Å². The molecule has 9 heteroatoms. The summed E-state index contributed by atoms with van der Waals surface area (Å²) in [5, 5.41) is 8.39. The Kier molecular flexibility index (Phi) is 4.79. The van der Waals surface area contributed by atoms with Crippen molar-refractivity contribution in [2.24, 2.45) is 0 Å². The van der Waals surface area contributed by atoms with Crippen LogP contribution < -0.4 is 15.4 Å². The number of rotatable bonds is 5. The zero-order valence-corrected chi connectivity index (χ0v) is 12.6. The number of likely N-dealkylation sites (N-methyl/N-ethyl adjacent to an activating group) is 1. The molecule has 0 bridgehead atoms. The molecule has 0 fully saturated rings. The van der Waals surface area contributed by atoms with Crippen molar-refractivity contribution < 1.29 is 19.1 Å². The van der Waals surface area contributed by atoms with Gasteiger partial charge in [-0.25, -0.2) is 0 Å². The van der Waals surface area contributed by atoms with E-state index in [0.717, 1.165) is 0 Å². The number of hydrogen-bond acceptors (Lipinski definition) is 7. The Labute approximate surface area is 129 Å². The minimum absolute atomic E-state index is 0.119. The van der Waals surface area contributed by atoms with Crippen LogP contribution in [0.5, 0.6) is 5.75 Å². The molecule has 0 aliphatic heterocycles. The summed E-state index contributed by atoms with van der Waals surface area (Å²) < 4.78 is 8.68. The molecule has 1 heterocycles. The average molecular weight is 320 g/mol. The first-order chi connectivity index (χ1) is 10.6. The van der Waals surface area contributed by atoms with Crippen LogP contribution in [0, 0.1) is 0 Å². The summed E-state index contributed by atoms with van der Waals surface area (Å²) in [4.78, 5) is 35.3. The number of Topliss-reactive ketones (excluding diaryl/α,β-unsaturated/α-hetero) is 1. The van der Waals surface area contributed by atoms with Gasteiger partial charge in [0.05, 0.1) is 12.8 Å². The number of nitrogens with one attached hydrogen (secondary N) is 2. The van der Waals surface area contributed by atoms with Gasteiger partial charge < -0.3 is 15.4 Å². The number of ether oxygens (including phenoxy) is 1. The molecule has 0 atom stereocenters. The van der Waals surface area contributed by atoms with Crippen molar-refractivity contribution in [3.8, 4) is 5.75 Å². The second-order valence-corrected chi connectivity index (χ2v) is 4.77. The van der Waals surface area contributed by atoms with Gasteiger partial charge in [0.2, 0.25) is 0 Å². The summed E-state index contributed by atoms with van der Waals surface area (Å²) in [5.74, 6) is -1.89. The predicted octanol–water partition coefficient (Wildman–Crippen LogP) is 0.728. The molecule has 1 aromatic carbocycles. The van der Waals surface area contributed by atoms with Crippen LogP contribution in [0.3, 0.4) is 0 Å². The summed E-state index contributed by atoms with van der Waals surface area (Å²) in [6, 6.07) is 6.77. The van der Waals surface area contributed by atoms with Gasteiger partial charge in [-0.3, -0.25) is 14.4 Å². The van der Waals surface area contributed by atoms with Crippen LogP contribution in [0.1, 0.15) is 20.2 Å². The molecular formula is C13H12N4O4S. The van der Waals surface area contributed by atoms with E-state index in [0.29, 0.717) is 23.0 Å². The topological polar surface area (TPSA) is 110 Å². The third-order valence-electron chi connectivity index (χ3n) is 2.70. The van der Waals surface area contributed by atoms with Crippen LogP contribution in [-0.4, -0.2) is 41.3 Å². The molecule has 0 spiro atoms. The zero-order chi connectivity index (χ0) is 16.1. The monoisotopic (exact) mass is 320 g/mol. The molecule has 0 aliphatic carbocycles. The Morgan fingerprint density at radius 2 is 1.95 bits per heavy atom. The van der Waals surface area contributed by atoms with E-state index in [2.05, 4.69) is 20.2 Å². The number of ketones is 1. The van der Waals surface area contributed by atoms with Gasteiger partial charge in [-0.2, -0.15) is 0 Å². The summed E-state index contributed by atoms with van der Waals surface area (Å²) in [6.07, 6.45) is 0. The highest BCUT2D eigenvalue weighted by atomic mass is 32.1. The Morgan fingerprint density at radius 1 is 1.23 bits per heavy atom. The van der Waals surface area contributed by atoms with E-state index in [1.165, 1.54) is 14.2 Å². The molecule has 2 aromatic rings. The van der Waals surface area contributed by atoms with E-state index >= 15 is 0 Å². The number of para-hydroxylation sites is 2. The highest BCUT2D eigenvalue weighted by Gasteiger charge is 2.26. The molecule has 0 radical (unpaired) electrons. The lowest BCUT2D eigenvalue weighted by Gasteiger charge is -2.08. The first kappa shape index (κ1) is 15.6. The van der Waals surface area contributed by atoms with Crippen molar-refractivity contribution in [1.82, 2.24) is 14.9 Å². The van der Waals surface area contributed by atoms with Gasteiger partial charge in [0.15, 0.2) is 5.69 Å². The number of carbonyl (C=O) groups excluding carboxylic acids is 3. The maximum absolute atomic E-state index is 12.2. The number of carbonyl (C=O) groups is 3. The molecule has 114 valence electrons. The lowest BCUT2D eigenvalue weighted by atomic mass is 10.2. The van der Waals surface area contributed by atoms with Gasteiger partial charge in [-0.15, -0.1) is 5.10 Å². The second kappa shape index (κ2) is 6.76. The van der Waals surface area contributed by atoms with Crippen molar-refractivity contribution in [2.45, 2.75) is 0 Å². The molecule has 8 nitrogen and oxygen atoms in total. The van der Waals surface area contributed by atoms with Gasteiger partial charge in [0.1, 0.15) is 10.6 Å². The van der Waals surface area contributed by atoms with Gasteiger partial charge in [-0.1, -0.05) is 16.6 Å². The van der Waals surface area contributed by atoms with Crippen molar-refractivity contribution >= 4 is 34.8 Å². The maximum Gasteiger partial charge on any atom is 0.293 e. The number of amides is 2. The molecule has 2 rings (SSSR count). The number of hydrogen-bond donors (Lipinski definition) is 2. The zero-order valence-electron chi connectivity index (χ0n) is 11.7. The van der Waals surface area contributed by atoms with E-state index < -0.39 is 17.6 Å². The lowest BCUT2D eigenvalue weighted by molar-refractivity contribution is -0.116. The smallest absolute Gasteiger partial charge is 0.293 e. The highest BCUT2D eigenvalue weighted by Crippen LogP contribution is 2.24. The van der Waals surface area contributed by atoms with Gasteiger partial charge in [-0.05, 0) is 23.7 Å². The molecule has 2 N–H and O–H groups in total. The maximum atomic E-state index is 12.2. The minimum atomic E-state index is -0.859. The van der Waals surface area contributed by atoms with Gasteiger partial charge in [0, 0.05) is 7.05 Å². The highest BCUT2D eigenvalue weighted by molar-refractivity contribution is 7.09. The predicted molar refractivity (Wildman–Crippen MR) is 79.3 cm³/mol. The quantitative estimate of drug-likeness (QED) is 0.620. The van der Waals surface area contributed by atoms with Crippen molar-refractivity contribution in [3.05, 3.63) is 34.8 Å². The van der Waals surface area contributed by atoms with E-state index in [-0.39, 0.29) is 10.6 Å². The number of methoxy groups -OCH3 is 1. The van der Waals surface area contributed by atoms with E-state index in [1.807, 2.05) is 0 Å². The molecule has 1 aromatic heterocycles. The molecule has 0 unspecified atom stereocenters. The number of benzene rings is 1. The molecule has 0 saturated carbocycles. The van der Waals surface area contributed by atoms with E-state index in [4.69, 9.17) is 4.74 Å². The standard InChI is InChI=1S/C13H12N4O4S/c1-14-13(20)10(18)11-9(16-17-22-11)12(19)15-7-5-3-4-6-8(7)21-2/h3-6H,1-2H3,(H,14,20)(H,15,19). The third-order valence-corrected chi connectivity index (χ3v) is 3.42. The Bertz CT molecular complexity index is 728. The molecule has 0 aliphatic rings. The van der Waals surface area contributed by atoms with Crippen LogP contribution in [0.25, 0.3) is 0 Å². The Balaban J connectivity index is 2.26. The SMILES string of the molecule is CNC(=O)C(=O)c1snnc1C(=O)Nc1ccccc1OC. The summed E-state index contributed by atoms with van der Waals surface area (Å²) in [6.45, 7) is 0. The summed E-state index contributed by atoms with van der Waals surface area (Å²) >= 11 is 0.687. The number of aromatic nitrogens is 2. The minimum Gasteiger partial charge on any atom is -0.495 e. The average Bonchev–Trinajstić information content (AvgIpc) is 3.03. The van der Waals surface area contributed by atoms with Crippen molar-refractivity contribution in [3.63, 3.8) is 0 Å². The third kappa shape index (κ3) is 3.09. The fourth-order valence-corrected chi connectivity index (χ4v) is 2.23. The van der Waals surface area contributed by atoms with Crippen molar-refractivity contribution in [1.29, 1.82) is 0 Å². The van der Waals surface area contributed by atoms with Crippen LogP contribution in [-0.2, 0) is 4.79 Å². The fraction of sp³-hybridized carbons (Fsp3) is 0.154. The molecule has 22 heavy (non-hydrogen) atoms. The van der Waals surface area contributed by atoms with Gasteiger partial charge >= 0.3 is 0 Å². The van der Waals surface area contributed by atoms with Crippen LogP contribution in [0.2, 0.25) is 0 Å². The molecular weight excluding hydrogens is 308 g/mol. The number of anilines is 1. The van der Waals surface area contributed by atoms with E-state index in [1.54, 1.807) is 24.3 Å². The normalized spacial score (nSPS) is 9.91. The first-order valence-electron chi connectivity index (χ1n) is 6.11. The Morgan fingerprint density at radius 3 is 2.64 bits per heavy atom. The van der Waals surface area contributed by atoms with E-state index in [9.17, 15) is 14.4 Å². The van der Waals surface area contributed by atoms with Crippen LogP contribution in [0.15, 0.2) is 24.3 Å². The molecule has 2 amide bonds. The fourth-order valence-electron chi connectivity index (χ4n) is 1.63. The number of nitrogens with zero attached hydrogens (tertiary/aromatic N) is 2. The molecule has 0 saturated heterocycles. The largest absolute Gasteiger partial charge is 0.495 e. The summed E-state index contributed by atoms with van der Waals surface area (Å²) in [5.41, 5.74) is 0.214. The first-order valence-corrected chi connectivity index (χ1v) is 6.89. The Hall–Kier alpha value is -2.81. The van der Waals surface area contributed by atoms with Crippen molar-refractivity contribution in [2.75, 3.05) is 19.5 Å².